The summed E-state index contributed by atoms with van der Waals surface area (Å²) in [4.78, 5) is 14.4. The molecular weight excluding hydrogens is 152 g/mol. The lowest BCUT2D eigenvalue weighted by molar-refractivity contribution is 0.799. The smallest absolute Gasteiger partial charge is 0.301 e. The Balaban J connectivity index is 3.43. The van der Waals surface area contributed by atoms with Crippen LogP contribution in [0.4, 0.5) is 0 Å². The van der Waals surface area contributed by atoms with E-state index in [-0.39, 0.29) is 5.69 Å². The van der Waals surface area contributed by atoms with E-state index in [1.807, 2.05) is 0 Å². The van der Waals surface area contributed by atoms with Gasteiger partial charge in [-0.3, -0.25) is 0 Å². The molecule has 1 aromatic rings. The first-order valence-electron chi connectivity index (χ1n) is 2.81. The lowest BCUT2D eigenvalue weighted by Gasteiger charge is -1.97. The first-order chi connectivity index (χ1) is 4.61. The number of aryl methyl sites for hydroxylation is 2. The molecule has 0 aliphatic heterocycles. The van der Waals surface area contributed by atoms with Crippen LogP contribution < -0.4 is 5.69 Å². The third-order valence-electron chi connectivity index (χ3n) is 1.22. The largest absolute Gasteiger partial charge is 0.347 e. The highest BCUT2D eigenvalue weighted by Gasteiger charge is 1.97. The molecule has 0 bridgehead atoms. The molecule has 0 radical (unpaired) electrons. The van der Waals surface area contributed by atoms with Crippen LogP contribution >= 0.6 is 11.6 Å². The Kier molecular flexibility index (Phi) is 1.76. The van der Waals surface area contributed by atoms with Gasteiger partial charge in [0.1, 0.15) is 0 Å². The van der Waals surface area contributed by atoms with Crippen molar-refractivity contribution in [2.24, 2.45) is 7.05 Å². The van der Waals surface area contributed by atoms with E-state index in [1.165, 1.54) is 4.57 Å². The van der Waals surface area contributed by atoms with E-state index in [2.05, 4.69) is 4.98 Å². The SMILES string of the molecule is Cc1nc(=O)n(C)cc1Cl. The van der Waals surface area contributed by atoms with Gasteiger partial charge in [0.25, 0.3) is 0 Å². The second-order valence-corrected chi connectivity index (χ2v) is 2.47. The van der Waals surface area contributed by atoms with Crippen molar-refractivity contribution in [3.05, 3.63) is 27.4 Å². The van der Waals surface area contributed by atoms with E-state index in [0.29, 0.717) is 10.7 Å². The average molecular weight is 159 g/mol. The number of halogens is 1. The summed E-state index contributed by atoms with van der Waals surface area (Å²) >= 11 is 5.66. The van der Waals surface area contributed by atoms with Crippen molar-refractivity contribution in [1.82, 2.24) is 9.55 Å². The molecule has 0 aromatic carbocycles. The number of aromatic nitrogens is 2. The Hall–Kier alpha value is -0.830. The van der Waals surface area contributed by atoms with Crippen molar-refractivity contribution >= 4 is 11.6 Å². The number of hydrogen-bond donors (Lipinski definition) is 0. The Bertz CT molecular complexity index is 305. The van der Waals surface area contributed by atoms with Crippen molar-refractivity contribution < 1.29 is 0 Å². The molecule has 1 heterocycles. The zero-order chi connectivity index (χ0) is 7.72. The quantitative estimate of drug-likeness (QED) is 0.558. The third kappa shape index (κ3) is 1.19. The van der Waals surface area contributed by atoms with Crippen molar-refractivity contribution in [2.45, 2.75) is 6.92 Å². The van der Waals surface area contributed by atoms with Gasteiger partial charge in [-0.25, -0.2) is 4.79 Å². The summed E-state index contributed by atoms with van der Waals surface area (Å²) in [5, 5.41) is 0.516. The molecule has 1 aromatic heterocycles. The topological polar surface area (TPSA) is 34.9 Å². The van der Waals surface area contributed by atoms with Gasteiger partial charge in [0, 0.05) is 13.2 Å². The van der Waals surface area contributed by atoms with Gasteiger partial charge in [0.15, 0.2) is 0 Å². The fraction of sp³-hybridized carbons (Fsp3) is 0.333. The van der Waals surface area contributed by atoms with Crippen molar-refractivity contribution in [3.63, 3.8) is 0 Å². The van der Waals surface area contributed by atoms with Crippen LogP contribution in [0, 0.1) is 6.92 Å². The monoisotopic (exact) mass is 158 g/mol. The molecule has 3 nitrogen and oxygen atoms in total. The highest BCUT2D eigenvalue weighted by atomic mass is 35.5. The van der Waals surface area contributed by atoms with E-state index in [9.17, 15) is 4.79 Å². The molecule has 0 unspecified atom stereocenters. The van der Waals surface area contributed by atoms with Gasteiger partial charge in [-0.2, -0.15) is 4.98 Å². The first kappa shape index (κ1) is 7.28. The van der Waals surface area contributed by atoms with Gasteiger partial charge >= 0.3 is 5.69 Å². The van der Waals surface area contributed by atoms with Crippen LogP contribution in [-0.4, -0.2) is 9.55 Å². The Morgan fingerprint density at radius 1 is 1.70 bits per heavy atom. The Morgan fingerprint density at radius 3 is 2.80 bits per heavy atom. The number of hydrogen-bond acceptors (Lipinski definition) is 2. The van der Waals surface area contributed by atoms with E-state index < -0.39 is 0 Å². The zero-order valence-corrected chi connectivity index (χ0v) is 6.51. The summed E-state index contributed by atoms with van der Waals surface area (Å²) in [6.07, 6.45) is 1.55. The summed E-state index contributed by atoms with van der Waals surface area (Å²) in [5.41, 5.74) is 0.298. The summed E-state index contributed by atoms with van der Waals surface area (Å²) in [7, 11) is 1.61. The van der Waals surface area contributed by atoms with Crippen molar-refractivity contribution in [1.29, 1.82) is 0 Å². The van der Waals surface area contributed by atoms with Crippen LogP contribution in [0.5, 0.6) is 0 Å². The molecule has 1 rings (SSSR count). The van der Waals surface area contributed by atoms with Gasteiger partial charge in [-0.1, -0.05) is 11.6 Å². The molecule has 0 N–H and O–H groups in total. The predicted octanol–water partition coefficient (Wildman–Crippen LogP) is 0.742. The number of nitrogens with zero attached hydrogens (tertiary/aromatic N) is 2. The van der Waals surface area contributed by atoms with Crippen LogP contribution in [0.2, 0.25) is 5.02 Å². The second kappa shape index (κ2) is 2.42. The molecular formula is C6H7ClN2O. The molecule has 54 valence electrons. The van der Waals surface area contributed by atoms with Gasteiger partial charge in [-0.05, 0) is 6.92 Å². The molecule has 0 fully saturated rings. The molecule has 10 heavy (non-hydrogen) atoms. The second-order valence-electron chi connectivity index (χ2n) is 2.07. The zero-order valence-electron chi connectivity index (χ0n) is 5.76. The predicted molar refractivity (Wildman–Crippen MR) is 39.2 cm³/mol. The van der Waals surface area contributed by atoms with E-state index in [1.54, 1.807) is 20.2 Å². The summed E-state index contributed by atoms with van der Waals surface area (Å²) in [5.74, 6) is 0. The minimum Gasteiger partial charge on any atom is -0.301 e. The fourth-order valence-corrected chi connectivity index (χ4v) is 0.783. The Labute approximate surface area is 63.3 Å². The maximum atomic E-state index is 10.8. The molecule has 0 aliphatic rings. The van der Waals surface area contributed by atoms with Crippen LogP contribution in [-0.2, 0) is 7.05 Å². The molecule has 0 atom stereocenters. The van der Waals surface area contributed by atoms with Gasteiger partial charge in [0.05, 0.1) is 10.7 Å². The molecule has 0 aliphatic carbocycles. The Morgan fingerprint density at radius 2 is 2.30 bits per heavy atom. The van der Waals surface area contributed by atoms with Gasteiger partial charge in [0.2, 0.25) is 0 Å². The minimum absolute atomic E-state index is 0.276. The highest BCUT2D eigenvalue weighted by Crippen LogP contribution is 2.07. The van der Waals surface area contributed by atoms with Crippen LogP contribution in [0.25, 0.3) is 0 Å². The number of rotatable bonds is 0. The van der Waals surface area contributed by atoms with Gasteiger partial charge in [-0.15, -0.1) is 0 Å². The summed E-state index contributed by atoms with van der Waals surface area (Å²) < 4.78 is 1.34. The average Bonchev–Trinajstić information content (AvgIpc) is 1.84. The van der Waals surface area contributed by atoms with Gasteiger partial charge < -0.3 is 4.57 Å². The highest BCUT2D eigenvalue weighted by molar-refractivity contribution is 6.31. The van der Waals surface area contributed by atoms with Crippen molar-refractivity contribution in [3.8, 4) is 0 Å². The lowest BCUT2D eigenvalue weighted by Crippen LogP contribution is -2.19. The first-order valence-corrected chi connectivity index (χ1v) is 3.19. The van der Waals surface area contributed by atoms with Crippen molar-refractivity contribution in [2.75, 3.05) is 0 Å². The van der Waals surface area contributed by atoms with E-state index >= 15 is 0 Å². The maximum Gasteiger partial charge on any atom is 0.347 e. The van der Waals surface area contributed by atoms with Crippen LogP contribution in [0.3, 0.4) is 0 Å². The molecule has 0 saturated carbocycles. The maximum absolute atomic E-state index is 10.8. The van der Waals surface area contributed by atoms with E-state index in [0.717, 1.165) is 0 Å². The van der Waals surface area contributed by atoms with Crippen LogP contribution in [0.1, 0.15) is 5.69 Å². The molecule has 0 spiro atoms. The lowest BCUT2D eigenvalue weighted by atomic mass is 10.4. The summed E-state index contributed by atoms with van der Waals surface area (Å²) in [6.45, 7) is 1.70. The molecule has 4 heteroatoms. The fourth-order valence-electron chi connectivity index (χ4n) is 0.594. The third-order valence-corrected chi connectivity index (χ3v) is 1.59. The van der Waals surface area contributed by atoms with Crippen LogP contribution in [0.15, 0.2) is 11.0 Å². The standard InChI is InChI=1S/C6H7ClN2O/c1-4-5(7)3-9(2)6(10)8-4/h3H,1-2H3. The molecule has 0 amide bonds. The summed E-state index contributed by atoms with van der Waals surface area (Å²) in [6, 6.07) is 0. The minimum atomic E-state index is -0.276. The normalized spacial score (nSPS) is 9.90. The molecule has 0 saturated heterocycles. The van der Waals surface area contributed by atoms with E-state index in [4.69, 9.17) is 11.6 Å².